The molecule has 0 aliphatic rings. The van der Waals surface area contributed by atoms with E-state index in [9.17, 15) is 14.4 Å². The molecule has 0 fully saturated rings. The molecule has 9 nitrogen and oxygen atoms in total. The van der Waals surface area contributed by atoms with Crippen LogP contribution in [0.2, 0.25) is 5.02 Å². The summed E-state index contributed by atoms with van der Waals surface area (Å²) in [5.41, 5.74) is 0.995. The molecule has 10 heteroatoms. The van der Waals surface area contributed by atoms with Gasteiger partial charge in [-0.25, -0.2) is 9.97 Å². The Hall–Kier alpha value is -3.98. The van der Waals surface area contributed by atoms with Gasteiger partial charge in [0.2, 0.25) is 0 Å². The molecule has 0 atom stereocenters. The lowest BCUT2D eigenvalue weighted by molar-refractivity contribution is -0.155. The zero-order valence-electron chi connectivity index (χ0n) is 20.4. The van der Waals surface area contributed by atoms with Gasteiger partial charge in [-0.1, -0.05) is 23.7 Å². The van der Waals surface area contributed by atoms with E-state index in [-0.39, 0.29) is 24.3 Å². The van der Waals surface area contributed by atoms with Gasteiger partial charge in [0, 0.05) is 42.0 Å². The van der Waals surface area contributed by atoms with E-state index in [1.807, 2.05) is 13.2 Å². The average Bonchev–Trinajstić information content (AvgIpc) is 3.25. The number of hydrogen-bond acceptors (Lipinski definition) is 6. The lowest BCUT2D eigenvalue weighted by Crippen LogP contribution is -2.36. The molecule has 4 aromatic rings. The van der Waals surface area contributed by atoms with Crippen LogP contribution >= 0.6 is 11.6 Å². The Labute approximate surface area is 212 Å². The summed E-state index contributed by atoms with van der Waals surface area (Å²) in [6.07, 6.45) is 5.08. The van der Waals surface area contributed by atoms with E-state index in [0.29, 0.717) is 21.7 Å². The van der Waals surface area contributed by atoms with E-state index in [1.165, 1.54) is 10.6 Å². The van der Waals surface area contributed by atoms with Crippen LogP contribution < -0.4 is 10.9 Å². The maximum absolute atomic E-state index is 13.4. The van der Waals surface area contributed by atoms with Crippen LogP contribution in [0.3, 0.4) is 0 Å². The highest BCUT2D eigenvalue weighted by Crippen LogP contribution is 2.22. The summed E-state index contributed by atoms with van der Waals surface area (Å²) >= 11 is 5.92. The van der Waals surface area contributed by atoms with Gasteiger partial charge in [-0.3, -0.25) is 19.0 Å². The first-order chi connectivity index (χ1) is 17.0. The van der Waals surface area contributed by atoms with E-state index < -0.39 is 23.0 Å². The zero-order valence-corrected chi connectivity index (χ0v) is 21.2. The third-order valence-electron chi connectivity index (χ3n) is 5.25. The van der Waals surface area contributed by atoms with E-state index in [0.717, 1.165) is 5.56 Å². The summed E-state index contributed by atoms with van der Waals surface area (Å²) in [5.74, 6) is -1.18. The summed E-state index contributed by atoms with van der Waals surface area (Å²) in [7, 11) is 1.85. The van der Waals surface area contributed by atoms with Gasteiger partial charge in [0.05, 0.1) is 12.0 Å². The van der Waals surface area contributed by atoms with Crippen LogP contribution in [-0.4, -0.2) is 36.6 Å². The highest BCUT2D eigenvalue weighted by molar-refractivity contribution is 6.30. The molecular weight excluding hydrogens is 482 g/mol. The van der Waals surface area contributed by atoms with Crippen LogP contribution in [0.4, 0.5) is 0 Å². The second-order valence-electron chi connectivity index (χ2n) is 9.41. The van der Waals surface area contributed by atoms with Crippen LogP contribution in [0.25, 0.3) is 22.3 Å². The number of aryl methyl sites for hydroxylation is 1. The minimum absolute atomic E-state index is 0.111. The van der Waals surface area contributed by atoms with Crippen molar-refractivity contribution < 1.29 is 14.3 Å². The molecule has 3 aromatic heterocycles. The van der Waals surface area contributed by atoms with Crippen molar-refractivity contribution in [2.75, 3.05) is 0 Å². The number of esters is 1. The van der Waals surface area contributed by atoms with Crippen LogP contribution in [0.5, 0.6) is 0 Å². The monoisotopic (exact) mass is 507 g/mol. The minimum Gasteiger partial charge on any atom is -0.459 e. The van der Waals surface area contributed by atoms with E-state index in [4.69, 9.17) is 16.3 Å². The van der Waals surface area contributed by atoms with Crippen molar-refractivity contribution in [2.45, 2.75) is 39.5 Å². The molecule has 3 heterocycles. The fourth-order valence-corrected chi connectivity index (χ4v) is 3.79. The second kappa shape index (κ2) is 9.94. The molecule has 0 radical (unpaired) electrons. The van der Waals surface area contributed by atoms with Crippen LogP contribution in [0.15, 0.2) is 59.9 Å². The van der Waals surface area contributed by atoms with Gasteiger partial charge in [-0.2, -0.15) is 0 Å². The number of carbonyl (C=O) groups is 2. The molecule has 0 aliphatic heterocycles. The number of nitrogens with zero attached hydrogens (tertiary/aromatic N) is 4. The molecule has 1 aromatic carbocycles. The minimum atomic E-state index is -0.733. The van der Waals surface area contributed by atoms with Crippen LogP contribution in [-0.2, 0) is 29.7 Å². The third kappa shape index (κ3) is 5.80. The number of nitrogens with one attached hydrogen (secondary N) is 1. The number of pyridine rings is 2. The smallest absolute Gasteiger partial charge is 0.326 e. The van der Waals surface area contributed by atoms with Crippen molar-refractivity contribution in [3.8, 4) is 11.3 Å². The van der Waals surface area contributed by atoms with Crippen LogP contribution in [0, 0.1) is 0 Å². The number of aromatic nitrogens is 4. The van der Waals surface area contributed by atoms with Crippen molar-refractivity contribution in [3.63, 3.8) is 0 Å². The summed E-state index contributed by atoms with van der Waals surface area (Å²) < 4.78 is 8.38. The van der Waals surface area contributed by atoms with E-state index in [2.05, 4.69) is 15.3 Å². The molecule has 36 heavy (non-hydrogen) atoms. The molecule has 4 rings (SSSR count). The van der Waals surface area contributed by atoms with Gasteiger partial charge in [-0.05, 0) is 50.6 Å². The molecule has 0 bridgehead atoms. The lowest BCUT2D eigenvalue weighted by Gasteiger charge is -2.20. The maximum atomic E-state index is 13.4. The predicted octanol–water partition coefficient (Wildman–Crippen LogP) is 3.72. The second-order valence-corrected chi connectivity index (χ2v) is 9.84. The Balaban J connectivity index is 1.75. The van der Waals surface area contributed by atoms with Gasteiger partial charge < -0.3 is 14.6 Å². The lowest BCUT2D eigenvalue weighted by atomic mass is 10.1. The maximum Gasteiger partial charge on any atom is 0.326 e. The van der Waals surface area contributed by atoms with Crippen molar-refractivity contribution in [1.82, 2.24) is 24.4 Å². The third-order valence-corrected chi connectivity index (χ3v) is 5.50. The Morgan fingerprint density at radius 3 is 2.47 bits per heavy atom. The number of imidazole rings is 1. The normalized spacial score (nSPS) is 11.5. The number of fused-ring (bicyclic) bond motifs is 1. The molecule has 0 spiro atoms. The van der Waals surface area contributed by atoms with E-state index >= 15 is 0 Å². The van der Waals surface area contributed by atoms with Gasteiger partial charge >= 0.3 is 5.97 Å². The Morgan fingerprint density at radius 2 is 1.83 bits per heavy atom. The number of rotatable bonds is 6. The molecule has 1 N–H and O–H groups in total. The Kier molecular flexibility index (Phi) is 6.94. The topological polar surface area (TPSA) is 108 Å². The quantitative estimate of drug-likeness (QED) is 0.398. The van der Waals surface area contributed by atoms with Gasteiger partial charge in [0.25, 0.3) is 11.5 Å². The number of halogens is 1. The number of benzene rings is 1. The van der Waals surface area contributed by atoms with E-state index in [1.54, 1.807) is 68.2 Å². The highest BCUT2D eigenvalue weighted by Gasteiger charge is 2.22. The first-order valence-corrected chi connectivity index (χ1v) is 11.6. The summed E-state index contributed by atoms with van der Waals surface area (Å²) in [6, 6.07) is 10.3. The molecule has 0 aliphatic carbocycles. The molecule has 0 saturated carbocycles. The molecular formula is C26H26ClN5O4. The first-order valence-electron chi connectivity index (χ1n) is 11.3. The highest BCUT2D eigenvalue weighted by atomic mass is 35.5. The first kappa shape index (κ1) is 25.1. The summed E-state index contributed by atoms with van der Waals surface area (Å²) in [5, 5.41) is 3.86. The van der Waals surface area contributed by atoms with Crippen molar-refractivity contribution in [1.29, 1.82) is 0 Å². The number of amides is 1. The SMILES string of the molecule is Cn1cnc(-c2cnc3c(c2)cc(C(=O)NCc2ccc(Cl)cc2)c(=O)n3CC(=O)OC(C)(C)C)c1. The average molecular weight is 508 g/mol. The largest absolute Gasteiger partial charge is 0.459 e. The number of ether oxygens (including phenoxy) is 1. The van der Waals surface area contributed by atoms with Gasteiger partial charge in [0.1, 0.15) is 23.4 Å². The molecule has 0 unspecified atom stereocenters. The fourth-order valence-electron chi connectivity index (χ4n) is 3.66. The van der Waals surface area contributed by atoms with Gasteiger partial charge in [0.15, 0.2) is 0 Å². The molecule has 186 valence electrons. The van der Waals surface area contributed by atoms with Crippen molar-refractivity contribution in [2.24, 2.45) is 7.05 Å². The summed E-state index contributed by atoms with van der Waals surface area (Å²) in [6.45, 7) is 5.03. The zero-order chi connectivity index (χ0) is 26.0. The van der Waals surface area contributed by atoms with Crippen molar-refractivity contribution >= 4 is 34.5 Å². The Bertz CT molecular complexity index is 1500. The number of hydrogen-bond donors (Lipinski definition) is 1. The van der Waals surface area contributed by atoms with Gasteiger partial charge in [-0.15, -0.1) is 0 Å². The van der Waals surface area contributed by atoms with Crippen LogP contribution in [0.1, 0.15) is 36.7 Å². The Morgan fingerprint density at radius 1 is 1.11 bits per heavy atom. The number of carbonyl (C=O) groups excluding carboxylic acids is 2. The standard InChI is InChI=1S/C26H26ClN5O4/c1-26(2,3)36-22(33)14-32-23-17(9-18(12-28-23)21-13-31(4)15-30-21)10-20(25(32)35)24(34)29-11-16-5-7-19(27)8-6-16/h5-10,12-13,15H,11,14H2,1-4H3,(H,29,34). The molecule has 0 saturated heterocycles. The molecule has 1 amide bonds. The van der Waals surface area contributed by atoms with Crippen molar-refractivity contribution in [3.05, 3.63) is 81.6 Å². The fraction of sp³-hybridized carbons (Fsp3) is 0.269. The summed E-state index contributed by atoms with van der Waals surface area (Å²) in [4.78, 5) is 47.8. The predicted molar refractivity (Wildman–Crippen MR) is 137 cm³/mol.